The molecule has 0 radical (unpaired) electrons. The predicted molar refractivity (Wildman–Crippen MR) is 272 cm³/mol. The van der Waals surface area contributed by atoms with Crippen molar-refractivity contribution >= 4 is 88.3 Å². The van der Waals surface area contributed by atoms with Crippen LogP contribution in [0.5, 0.6) is 0 Å². The third-order valence-electron chi connectivity index (χ3n) is 13.7. The molecule has 0 fully saturated rings. The molecule has 2 aliphatic heterocycles. The van der Waals surface area contributed by atoms with Gasteiger partial charge < -0.3 is 39.9 Å². The molecule has 361 valence electrons. The van der Waals surface area contributed by atoms with Crippen LogP contribution in [-0.2, 0) is 60.3 Å². The molecule has 0 aliphatic carbocycles. The van der Waals surface area contributed by atoms with Gasteiger partial charge in [-0.25, -0.2) is 29.1 Å². The van der Waals surface area contributed by atoms with Gasteiger partial charge in [0.1, 0.15) is 0 Å². The van der Waals surface area contributed by atoms with Gasteiger partial charge in [0.25, 0.3) is 0 Å². The van der Waals surface area contributed by atoms with E-state index in [0.29, 0.717) is 139 Å². The molecule has 7 aromatic heterocycles. The summed E-state index contributed by atoms with van der Waals surface area (Å²) in [5.41, 5.74) is 8.30. The molecule has 8 bridgehead atoms. The van der Waals surface area contributed by atoms with Gasteiger partial charge in [0.05, 0.1) is 67.4 Å². The van der Waals surface area contributed by atoms with Crippen molar-refractivity contribution in [2.75, 3.05) is 0 Å². The maximum absolute atomic E-state index is 13.7. The maximum atomic E-state index is 13.7. The minimum absolute atomic E-state index is 0.130. The summed E-state index contributed by atoms with van der Waals surface area (Å²) in [6.07, 6.45) is 0. The minimum atomic E-state index is -0.250. The number of H-pyrrole nitrogens is 2. The van der Waals surface area contributed by atoms with Crippen molar-refractivity contribution in [1.82, 2.24) is 77.2 Å². The van der Waals surface area contributed by atoms with Crippen LogP contribution in [0.25, 0.3) is 134 Å². The molecular weight excluding hydrogens is 956 g/mol. The summed E-state index contributed by atoms with van der Waals surface area (Å²) in [6, 6.07) is 15.2. The number of fused-ring (bicyclic) bond motifs is 24. The summed E-state index contributed by atoms with van der Waals surface area (Å²) in [5, 5.41) is 2.51. The van der Waals surface area contributed by atoms with Crippen molar-refractivity contribution in [2.24, 2.45) is 0 Å². The number of aromatic nitrogens is 16. The molecule has 0 atom stereocenters. The molecule has 2 N–H and O–H groups in total. The Hall–Kier alpha value is -8.30. The number of hydrogen-bond donors (Lipinski definition) is 2. The predicted octanol–water partition coefficient (Wildman–Crippen LogP) is 6.67. The summed E-state index contributed by atoms with van der Waals surface area (Å²) in [4.78, 5) is 101. The zero-order chi connectivity index (χ0) is 50.6. The summed E-state index contributed by atoms with van der Waals surface area (Å²) in [5.74, 6) is 1.17. The van der Waals surface area contributed by atoms with Gasteiger partial charge in [-0.3, -0.25) is 27.4 Å². The number of aryl methyl sites for hydroxylation is 6. The second-order valence-electron chi connectivity index (χ2n) is 17.0. The molecule has 9 heterocycles. The molecule has 0 saturated carbocycles. The Morgan fingerprint density at radius 2 is 0.653 bits per heavy atom. The number of nitrogens with one attached hydrogen (secondary N) is 2. The number of hydrogen-bond acceptors (Lipinski definition) is 11. The van der Waals surface area contributed by atoms with Crippen LogP contribution in [0.3, 0.4) is 0 Å². The van der Waals surface area contributed by atoms with Crippen molar-refractivity contribution in [3.8, 4) is 45.6 Å². The van der Waals surface area contributed by atoms with Gasteiger partial charge >= 0.3 is 43.8 Å². The van der Waals surface area contributed by atoms with Gasteiger partial charge in [0.2, 0.25) is 0 Å². The Bertz CT molecular complexity index is 4260. The zero-order valence-corrected chi connectivity index (χ0v) is 42.0. The first-order valence-corrected chi connectivity index (χ1v) is 24.6. The van der Waals surface area contributed by atoms with E-state index < -0.39 is 0 Å². The normalized spacial score (nSPS) is 12.0. The average molecular weight is 1000 g/mol. The van der Waals surface area contributed by atoms with Crippen LogP contribution in [0, 0.1) is 0 Å². The standard InChI is InChI=1S/C48H42N16O4.C2H6.O.V/c1-7-59-31-15-23-21(13-29(31)49-45(59)65)37-51-39(23)55-43-27-19-35-33(61(9-3)47(67)63(35)11-5)17-25(27)42(57-43)54-38-22-14-30-32(60(8-2)46(66)50-30)16-24(22)40(52-38)56-44-28-20-36-34(18-26(28)41(53-37)58-44)62(10-4)48(68)64(36)12-6;1-2;;/h13-20H,7-12H2,1-6H3,(H4,49,50,51,52,53,54,55,56,57,58,65,66);1-2H3;;/q;;;+2/p-2. The number of rotatable bonds is 6. The molecule has 0 saturated heterocycles. The topological polar surface area (TPSA) is 252 Å². The molecule has 2 aliphatic rings. The first-order valence-electron chi connectivity index (χ1n) is 24.0. The molecule has 0 amide bonds. The van der Waals surface area contributed by atoms with Crippen LogP contribution in [0.1, 0.15) is 55.4 Å². The second kappa shape index (κ2) is 17.2. The Morgan fingerprint density at radius 3 is 0.917 bits per heavy atom. The third-order valence-corrected chi connectivity index (χ3v) is 13.7. The molecule has 22 heteroatoms. The van der Waals surface area contributed by atoms with E-state index in [4.69, 9.17) is 43.5 Å². The fourth-order valence-corrected chi connectivity index (χ4v) is 10.4. The summed E-state index contributed by atoms with van der Waals surface area (Å²) >= 11 is 1.06. The quantitative estimate of drug-likeness (QED) is 0.177. The molecule has 21 nitrogen and oxygen atoms in total. The molecular formula is C50H46N16O5V. The summed E-state index contributed by atoms with van der Waals surface area (Å²) < 4.78 is 18.4. The van der Waals surface area contributed by atoms with E-state index in [1.807, 2.05) is 104 Å². The fraction of sp³-hybridized carbons (Fsp3) is 0.280. The van der Waals surface area contributed by atoms with Gasteiger partial charge in [0.15, 0.2) is 0 Å². The molecule has 4 aromatic carbocycles. The van der Waals surface area contributed by atoms with Crippen LogP contribution in [0.4, 0.5) is 0 Å². The Kier molecular flexibility index (Phi) is 11.0. The third kappa shape index (κ3) is 6.45. The van der Waals surface area contributed by atoms with Crippen molar-refractivity contribution < 1.29 is 21.0 Å². The molecule has 0 spiro atoms. The van der Waals surface area contributed by atoms with E-state index in [0.717, 1.165) is 39.4 Å². The average Bonchev–Trinajstić information content (AvgIpc) is 4.27. The SMILES string of the molecule is CC.CCn1c(=O)[nH]c2cc3c(cc21)-c1nc-3nc2[n-]c(nc3nc(nc4[n-]c(n1)c1cc5c(cc41)n(CC)c(=O)n5CC)-c1cc4[nH]c(=O)n(CC)c4cc1-3)c1cc3c(cc21)n(CC)c(=O)n3CC.[O]=[V+2]. The first-order chi connectivity index (χ1) is 35.0. The zero-order valence-electron chi connectivity index (χ0n) is 40.6. The molecule has 0 unspecified atom stereocenters. The number of nitrogens with zero attached hydrogens (tertiary/aromatic N) is 14. The first kappa shape index (κ1) is 46.1. The van der Waals surface area contributed by atoms with Crippen LogP contribution in [0.2, 0.25) is 0 Å². The Labute approximate surface area is 415 Å². The van der Waals surface area contributed by atoms with E-state index in [1.54, 1.807) is 27.4 Å². The second-order valence-corrected chi connectivity index (χ2v) is 17.0. The van der Waals surface area contributed by atoms with Crippen LogP contribution >= 0.6 is 0 Å². The fourth-order valence-electron chi connectivity index (χ4n) is 10.4. The van der Waals surface area contributed by atoms with Crippen molar-refractivity contribution in [3.05, 3.63) is 90.5 Å². The Morgan fingerprint density at radius 1 is 0.389 bits per heavy atom. The van der Waals surface area contributed by atoms with E-state index in [9.17, 15) is 19.2 Å². The van der Waals surface area contributed by atoms with Crippen LogP contribution in [-0.4, -0.2) is 67.3 Å². The van der Waals surface area contributed by atoms with Crippen LogP contribution in [0.15, 0.2) is 67.7 Å². The van der Waals surface area contributed by atoms with Gasteiger partial charge in [-0.1, -0.05) is 13.8 Å². The molecule has 11 aromatic rings. The van der Waals surface area contributed by atoms with Crippen molar-refractivity contribution in [1.29, 1.82) is 0 Å². The Balaban J connectivity index is 0.00000137. The van der Waals surface area contributed by atoms with Crippen molar-refractivity contribution in [3.63, 3.8) is 0 Å². The van der Waals surface area contributed by atoms with Gasteiger partial charge in [-0.15, -0.1) is 0 Å². The van der Waals surface area contributed by atoms with Crippen LogP contribution < -0.4 is 32.7 Å². The molecule has 72 heavy (non-hydrogen) atoms. The number of benzene rings is 4. The molecule has 13 rings (SSSR count). The van der Waals surface area contributed by atoms with E-state index in [-0.39, 0.29) is 34.4 Å². The van der Waals surface area contributed by atoms with Gasteiger partial charge in [-0.2, -0.15) is 0 Å². The van der Waals surface area contributed by atoms with E-state index in [1.165, 1.54) is 0 Å². The number of imidazole rings is 4. The van der Waals surface area contributed by atoms with Crippen molar-refractivity contribution in [2.45, 2.75) is 94.7 Å². The summed E-state index contributed by atoms with van der Waals surface area (Å²) in [6.45, 7) is 18.2. The van der Waals surface area contributed by atoms with E-state index >= 15 is 0 Å². The monoisotopic (exact) mass is 1000 g/mol. The van der Waals surface area contributed by atoms with Gasteiger partial charge in [0, 0.05) is 84.1 Å². The van der Waals surface area contributed by atoms with E-state index in [2.05, 4.69) is 9.97 Å². The van der Waals surface area contributed by atoms with Gasteiger partial charge in [-0.05, 0) is 112 Å². The number of aromatic amines is 2. The summed E-state index contributed by atoms with van der Waals surface area (Å²) in [7, 11) is 0.